The predicted octanol–water partition coefficient (Wildman–Crippen LogP) is 0.367. The van der Waals surface area contributed by atoms with Crippen LogP contribution in [0.25, 0.3) is 0 Å². The number of urea groups is 1. The molecule has 1 aliphatic heterocycles. The SMILES string of the molecule is CS(=O)(=O)NCC1CCCN(C(=O)NCC2CC2)C1. The molecular weight excluding hydrogens is 266 g/mol. The van der Waals surface area contributed by atoms with E-state index >= 15 is 0 Å². The van der Waals surface area contributed by atoms with E-state index in [1.165, 1.54) is 12.8 Å². The molecule has 0 bridgehead atoms. The van der Waals surface area contributed by atoms with E-state index < -0.39 is 10.0 Å². The van der Waals surface area contributed by atoms with E-state index in [9.17, 15) is 13.2 Å². The van der Waals surface area contributed by atoms with Gasteiger partial charge in [0.1, 0.15) is 0 Å². The number of hydrogen-bond acceptors (Lipinski definition) is 3. The number of hydrogen-bond donors (Lipinski definition) is 2. The van der Waals surface area contributed by atoms with Gasteiger partial charge < -0.3 is 10.2 Å². The minimum atomic E-state index is -3.14. The molecule has 1 atom stereocenters. The topological polar surface area (TPSA) is 78.5 Å². The maximum atomic E-state index is 12.0. The number of rotatable bonds is 5. The molecule has 1 aliphatic carbocycles. The molecule has 2 aliphatic rings. The van der Waals surface area contributed by atoms with E-state index in [1.54, 1.807) is 4.90 Å². The van der Waals surface area contributed by atoms with Crippen molar-refractivity contribution in [2.75, 3.05) is 32.4 Å². The lowest BCUT2D eigenvalue weighted by atomic mass is 9.99. The Hall–Kier alpha value is -0.820. The molecule has 0 aromatic carbocycles. The van der Waals surface area contributed by atoms with Crippen molar-refractivity contribution in [1.29, 1.82) is 0 Å². The molecular formula is C12H23N3O3S. The Morgan fingerprint density at radius 2 is 1.95 bits per heavy atom. The highest BCUT2D eigenvalue weighted by Crippen LogP contribution is 2.27. The fraction of sp³-hybridized carbons (Fsp3) is 0.917. The number of carbonyl (C=O) groups is 1. The van der Waals surface area contributed by atoms with Crippen LogP contribution in [0.4, 0.5) is 4.79 Å². The molecule has 2 N–H and O–H groups in total. The Kier molecular flexibility index (Phi) is 4.67. The van der Waals surface area contributed by atoms with Crippen LogP contribution in [0.15, 0.2) is 0 Å². The normalized spacial score (nSPS) is 24.3. The quantitative estimate of drug-likeness (QED) is 0.767. The molecule has 0 spiro atoms. The summed E-state index contributed by atoms with van der Waals surface area (Å²) >= 11 is 0. The van der Waals surface area contributed by atoms with Crippen molar-refractivity contribution in [3.05, 3.63) is 0 Å². The lowest BCUT2D eigenvalue weighted by molar-refractivity contribution is 0.166. The zero-order valence-electron chi connectivity index (χ0n) is 11.4. The summed E-state index contributed by atoms with van der Waals surface area (Å²) in [5.74, 6) is 0.895. The van der Waals surface area contributed by atoms with Crippen LogP contribution in [0, 0.1) is 11.8 Å². The molecule has 1 heterocycles. The van der Waals surface area contributed by atoms with Crippen molar-refractivity contribution in [1.82, 2.24) is 14.9 Å². The van der Waals surface area contributed by atoms with Gasteiger partial charge in [-0.3, -0.25) is 0 Å². The number of carbonyl (C=O) groups excluding carboxylic acids is 1. The van der Waals surface area contributed by atoms with Gasteiger partial charge in [0.2, 0.25) is 10.0 Å². The molecule has 0 radical (unpaired) electrons. The molecule has 1 saturated carbocycles. The Morgan fingerprint density at radius 3 is 2.58 bits per heavy atom. The number of likely N-dealkylation sites (tertiary alicyclic amines) is 1. The van der Waals surface area contributed by atoms with E-state index in [4.69, 9.17) is 0 Å². The van der Waals surface area contributed by atoms with E-state index in [2.05, 4.69) is 10.0 Å². The van der Waals surface area contributed by atoms with Crippen LogP contribution in [0.2, 0.25) is 0 Å². The average molecular weight is 289 g/mol. The van der Waals surface area contributed by atoms with Gasteiger partial charge in [-0.25, -0.2) is 17.9 Å². The van der Waals surface area contributed by atoms with Crippen molar-refractivity contribution in [2.24, 2.45) is 11.8 Å². The van der Waals surface area contributed by atoms with E-state index in [0.29, 0.717) is 19.0 Å². The zero-order chi connectivity index (χ0) is 13.9. The maximum Gasteiger partial charge on any atom is 0.317 e. The lowest BCUT2D eigenvalue weighted by Crippen LogP contribution is -2.48. The summed E-state index contributed by atoms with van der Waals surface area (Å²) in [7, 11) is -3.14. The molecule has 1 unspecified atom stereocenters. The van der Waals surface area contributed by atoms with Crippen LogP contribution in [0.3, 0.4) is 0 Å². The van der Waals surface area contributed by atoms with Crippen molar-refractivity contribution >= 4 is 16.1 Å². The lowest BCUT2D eigenvalue weighted by Gasteiger charge is -2.32. The number of amides is 2. The third-order valence-corrected chi connectivity index (χ3v) is 4.37. The van der Waals surface area contributed by atoms with Crippen molar-refractivity contribution in [2.45, 2.75) is 25.7 Å². The molecule has 2 amide bonds. The highest BCUT2D eigenvalue weighted by atomic mass is 32.2. The Bertz CT molecular complexity index is 420. The third-order valence-electron chi connectivity index (χ3n) is 3.68. The standard InChI is InChI=1S/C12H23N3O3S/c1-19(17,18)14-8-11-3-2-6-15(9-11)12(16)13-7-10-4-5-10/h10-11,14H,2-9H2,1H3,(H,13,16). The maximum absolute atomic E-state index is 12.0. The smallest absolute Gasteiger partial charge is 0.317 e. The summed E-state index contributed by atoms with van der Waals surface area (Å²) < 4.78 is 24.7. The summed E-state index contributed by atoms with van der Waals surface area (Å²) in [5.41, 5.74) is 0. The summed E-state index contributed by atoms with van der Waals surface area (Å²) in [6.45, 7) is 2.61. The van der Waals surface area contributed by atoms with Gasteiger partial charge in [0.15, 0.2) is 0 Å². The van der Waals surface area contributed by atoms with Gasteiger partial charge in [-0.2, -0.15) is 0 Å². The summed E-state index contributed by atoms with van der Waals surface area (Å²) in [6, 6.07) is -0.00374. The molecule has 2 rings (SSSR count). The van der Waals surface area contributed by atoms with Crippen LogP contribution < -0.4 is 10.0 Å². The van der Waals surface area contributed by atoms with Gasteiger partial charge >= 0.3 is 6.03 Å². The summed E-state index contributed by atoms with van der Waals surface area (Å²) in [4.78, 5) is 13.8. The summed E-state index contributed by atoms with van der Waals surface area (Å²) in [6.07, 6.45) is 5.51. The molecule has 7 heteroatoms. The second-order valence-electron chi connectivity index (χ2n) is 5.70. The molecule has 0 aromatic heterocycles. The van der Waals surface area contributed by atoms with Crippen LogP contribution in [-0.4, -0.2) is 51.8 Å². The van der Waals surface area contributed by atoms with Crippen molar-refractivity contribution in [3.63, 3.8) is 0 Å². The monoisotopic (exact) mass is 289 g/mol. The highest BCUT2D eigenvalue weighted by molar-refractivity contribution is 7.88. The summed E-state index contributed by atoms with van der Waals surface area (Å²) in [5, 5.41) is 2.96. The molecule has 2 fully saturated rings. The molecule has 6 nitrogen and oxygen atoms in total. The molecule has 19 heavy (non-hydrogen) atoms. The van der Waals surface area contributed by atoms with Crippen LogP contribution in [0.5, 0.6) is 0 Å². The van der Waals surface area contributed by atoms with Gasteiger partial charge in [0.25, 0.3) is 0 Å². The van der Waals surface area contributed by atoms with Gasteiger partial charge in [-0.15, -0.1) is 0 Å². The van der Waals surface area contributed by atoms with Crippen LogP contribution >= 0.6 is 0 Å². The van der Waals surface area contributed by atoms with E-state index in [1.807, 2.05) is 0 Å². The Balaban J connectivity index is 1.73. The minimum absolute atomic E-state index is 0.00374. The fourth-order valence-electron chi connectivity index (χ4n) is 2.35. The number of sulfonamides is 1. The molecule has 110 valence electrons. The Morgan fingerprint density at radius 1 is 1.21 bits per heavy atom. The van der Waals surface area contributed by atoms with E-state index in [0.717, 1.165) is 32.2 Å². The number of piperidine rings is 1. The first-order valence-corrected chi connectivity index (χ1v) is 8.80. The van der Waals surface area contributed by atoms with Crippen LogP contribution in [-0.2, 0) is 10.0 Å². The average Bonchev–Trinajstić information content (AvgIpc) is 3.17. The predicted molar refractivity (Wildman–Crippen MR) is 73.3 cm³/mol. The van der Waals surface area contributed by atoms with Crippen molar-refractivity contribution in [3.8, 4) is 0 Å². The largest absolute Gasteiger partial charge is 0.338 e. The first kappa shape index (κ1) is 14.6. The molecule has 1 saturated heterocycles. The fourth-order valence-corrected chi connectivity index (χ4v) is 2.89. The van der Waals surface area contributed by atoms with Gasteiger partial charge in [-0.05, 0) is 37.5 Å². The van der Waals surface area contributed by atoms with E-state index in [-0.39, 0.29) is 11.9 Å². The van der Waals surface area contributed by atoms with Gasteiger partial charge in [0.05, 0.1) is 6.26 Å². The first-order chi connectivity index (χ1) is 8.94. The van der Waals surface area contributed by atoms with Gasteiger partial charge in [0, 0.05) is 26.2 Å². The molecule has 0 aromatic rings. The number of nitrogens with one attached hydrogen (secondary N) is 2. The first-order valence-electron chi connectivity index (χ1n) is 6.91. The van der Waals surface area contributed by atoms with Crippen LogP contribution in [0.1, 0.15) is 25.7 Å². The zero-order valence-corrected chi connectivity index (χ0v) is 12.2. The second-order valence-corrected chi connectivity index (χ2v) is 7.54. The van der Waals surface area contributed by atoms with Gasteiger partial charge in [-0.1, -0.05) is 0 Å². The number of nitrogens with zero attached hydrogens (tertiary/aromatic N) is 1. The highest BCUT2D eigenvalue weighted by Gasteiger charge is 2.26. The van der Waals surface area contributed by atoms with Crippen molar-refractivity contribution < 1.29 is 13.2 Å². The Labute approximate surface area is 115 Å². The second kappa shape index (κ2) is 6.09. The third kappa shape index (κ3) is 5.36. The minimum Gasteiger partial charge on any atom is -0.338 e.